The van der Waals surface area contributed by atoms with Gasteiger partial charge in [0, 0.05) is 18.0 Å². The van der Waals surface area contributed by atoms with E-state index in [1.54, 1.807) is 12.3 Å². The Morgan fingerprint density at radius 1 is 1.50 bits per heavy atom. The molecule has 0 bridgehead atoms. The first-order valence-electron chi connectivity index (χ1n) is 4.11. The molecule has 4 N–H and O–H groups in total. The monoisotopic (exact) mass is 190 g/mol. The zero-order chi connectivity index (χ0) is 9.97. The van der Waals surface area contributed by atoms with Gasteiger partial charge in [-0.3, -0.25) is 5.10 Å². The number of hydrogen-bond donors (Lipinski definition) is 3. The van der Waals surface area contributed by atoms with Gasteiger partial charge in [-0.2, -0.15) is 10.1 Å². The van der Waals surface area contributed by atoms with Gasteiger partial charge in [0.2, 0.25) is 5.95 Å². The molecule has 6 heteroatoms. The minimum Gasteiger partial charge on any atom is -0.384 e. The van der Waals surface area contributed by atoms with E-state index >= 15 is 0 Å². The van der Waals surface area contributed by atoms with Crippen molar-refractivity contribution < 1.29 is 0 Å². The molecule has 0 atom stereocenters. The van der Waals surface area contributed by atoms with Crippen LogP contribution >= 0.6 is 0 Å². The van der Waals surface area contributed by atoms with Crippen molar-refractivity contribution in [3.63, 3.8) is 0 Å². The maximum atomic E-state index is 5.50. The first-order valence-corrected chi connectivity index (χ1v) is 4.11. The maximum Gasteiger partial charge on any atom is 0.230 e. The molecular weight excluding hydrogens is 180 g/mol. The van der Waals surface area contributed by atoms with Crippen LogP contribution in [-0.2, 0) is 0 Å². The molecule has 2 aromatic heterocycles. The summed E-state index contributed by atoms with van der Waals surface area (Å²) in [7, 11) is 0. The van der Waals surface area contributed by atoms with Gasteiger partial charge in [0.05, 0.1) is 0 Å². The Bertz CT molecular complexity index is 435. The molecule has 0 saturated heterocycles. The second kappa shape index (κ2) is 3.33. The van der Waals surface area contributed by atoms with Crippen LogP contribution in [-0.4, -0.2) is 20.2 Å². The molecule has 0 amide bonds. The largest absolute Gasteiger partial charge is 0.384 e. The fourth-order valence-electron chi connectivity index (χ4n) is 1.03. The lowest BCUT2D eigenvalue weighted by atomic mass is 10.5. The number of rotatable bonds is 2. The first-order chi connectivity index (χ1) is 6.74. The second-order valence-corrected chi connectivity index (χ2v) is 2.87. The summed E-state index contributed by atoms with van der Waals surface area (Å²) in [5.74, 6) is 1.54. The van der Waals surface area contributed by atoms with E-state index in [9.17, 15) is 0 Å². The molecule has 2 aromatic rings. The molecule has 0 aromatic carbocycles. The van der Waals surface area contributed by atoms with E-state index in [4.69, 9.17) is 5.73 Å². The van der Waals surface area contributed by atoms with Crippen molar-refractivity contribution in [2.24, 2.45) is 0 Å². The Labute approximate surface area is 80.6 Å². The number of nitrogen functional groups attached to an aromatic ring is 1. The molecule has 2 heterocycles. The van der Waals surface area contributed by atoms with E-state index in [1.165, 1.54) is 0 Å². The van der Waals surface area contributed by atoms with Crippen molar-refractivity contribution in [1.82, 2.24) is 20.2 Å². The van der Waals surface area contributed by atoms with Crippen LogP contribution in [0.4, 0.5) is 17.6 Å². The number of nitrogens with two attached hydrogens (primary N) is 1. The quantitative estimate of drug-likeness (QED) is 0.652. The van der Waals surface area contributed by atoms with Crippen LogP contribution in [0.2, 0.25) is 0 Å². The predicted octanol–water partition coefficient (Wildman–Crippen LogP) is 0.834. The highest BCUT2D eigenvalue weighted by atomic mass is 15.2. The Kier molecular flexibility index (Phi) is 2.02. The van der Waals surface area contributed by atoms with Crippen molar-refractivity contribution >= 4 is 17.6 Å². The summed E-state index contributed by atoms with van der Waals surface area (Å²) in [5.41, 5.74) is 6.47. The zero-order valence-corrected chi connectivity index (χ0v) is 7.65. The fourth-order valence-corrected chi connectivity index (χ4v) is 1.03. The van der Waals surface area contributed by atoms with Crippen LogP contribution in [0.15, 0.2) is 18.3 Å². The van der Waals surface area contributed by atoms with Crippen LogP contribution in [0, 0.1) is 6.92 Å². The van der Waals surface area contributed by atoms with Crippen LogP contribution in [0.25, 0.3) is 0 Å². The number of aromatic nitrogens is 4. The third-order valence-corrected chi connectivity index (χ3v) is 1.62. The summed E-state index contributed by atoms with van der Waals surface area (Å²) in [6.07, 6.45) is 1.59. The van der Waals surface area contributed by atoms with Crippen LogP contribution in [0.5, 0.6) is 0 Å². The lowest BCUT2D eigenvalue weighted by molar-refractivity contribution is 1.04. The standard InChI is InChI=1S/C8H10N6/c1-5-4-7(14-13-5)12-8-10-3-2-6(9)11-8/h2-4H,1H3,(H4,9,10,11,12,13,14). The third kappa shape index (κ3) is 1.79. The second-order valence-electron chi connectivity index (χ2n) is 2.87. The van der Waals surface area contributed by atoms with Gasteiger partial charge in [0.15, 0.2) is 5.82 Å². The number of aromatic amines is 1. The molecule has 0 radical (unpaired) electrons. The van der Waals surface area contributed by atoms with Gasteiger partial charge in [-0.25, -0.2) is 4.98 Å². The number of anilines is 3. The van der Waals surface area contributed by atoms with Gasteiger partial charge < -0.3 is 11.1 Å². The zero-order valence-electron chi connectivity index (χ0n) is 7.65. The average molecular weight is 190 g/mol. The Morgan fingerprint density at radius 2 is 2.36 bits per heavy atom. The van der Waals surface area contributed by atoms with Crippen LogP contribution in [0.3, 0.4) is 0 Å². The highest BCUT2D eigenvalue weighted by molar-refractivity contribution is 5.49. The van der Waals surface area contributed by atoms with E-state index in [0.29, 0.717) is 17.6 Å². The number of H-pyrrole nitrogens is 1. The molecule has 14 heavy (non-hydrogen) atoms. The molecule has 0 unspecified atom stereocenters. The lowest BCUT2D eigenvalue weighted by Crippen LogP contribution is -1.99. The molecule has 0 fully saturated rings. The lowest BCUT2D eigenvalue weighted by Gasteiger charge is -1.99. The van der Waals surface area contributed by atoms with Gasteiger partial charge in [-0.1, -0.05) is 0 Å². The van der Waals surface area contributed by atoms with E-state index in [-0.39, 0.29) is 0 Å². The number of hydrogen-bond acceptors (Lipinski definition) is 5. The molecule has 2 rings (SSSR count). The van der Waals surface area contributed by atoms with Crippen LogP contribution in [0.1, 0.15) is 5.69 Å². The fraction of sp³-hybridized carbons (Fsp3) is 0.125. The van der Waals surface area contributed by atoms with E-state index in [0.717, 1.165) is 5.69 Å². The summed E-state index contributed by atoms with van der Waals surface area (Å²) < 4.78 is 0. The molecule has 6 nitrogen and oxygen atoms in total. The Morgan fingerprint density at radius 3 is 3.00 bits per heavy atom. The van der Waals surface area contributed by atoms with Gasteiger partial charge in [-0.05, 0) is 13.0 Å². The number of nitrogens with one attached hydrogen (secondary N) is 2. The summed E-state index contributed by atoms with van der Waals surface area (Å²) >= 11 is 0. The van der Waals surface area contributed by atoms with E-state index in [1.807, 2.05) is 13.0 Å². The highest BCUT2D eigenvalue weighted by Crippen LogP contribution is 2.10. The summed E-state index contributed by atoms with van der Waals surface area (Å²) in [6.45, 7) is 1.92. The SMILES string of the molecule is Cc1cc(Nc2nccc(N)n2)n[nH]1. The summed E-state index contributed by atoms with van der Waals surface area (Å²) in [6, 6.07) is 3.48. The van der Waals surface area contributed by atoms with Gasteiger partial charge in [0.25, 0.3) is 0 Å². The van der Waals surface area contributed by atoms with Crippen molar-refractivity contribution in [1.29, 1.82) is 0 Å². The average Bonchev–Trinajstić information content (AvgIpc) is 2.51. The van der Waals surface area contributed by atoms with Crippen molar-refractivity contribution in [2.45, 2.75) is 6.92 Å². The van der Waals surface area contributed by atoms with E-state index < -0.39 is 0 Å². The molecule has 0 aliphatic heterocycles. The van der Waals surface area contributed by atoms with E-state index in [2.05, 4.69) is 25.5 Å². The molecule has 0 aliphatic carbocycles. The Balaban J connectivity index is 2.18. The minimum absolute atomic E-state index is 0.426. The summed E-state index contributed by atoms with van der Waals surface area (Å²) in [4.78, 5) is 7.97. The number of aryl methyl sites for hydroxylation is 1. The smallest absolute Gasteiger partial charge is 0.230 e. The van der Waals surface area contributed by atoms with Gasteiger partial charge >= 0.3 is 0 Å². The van der Waals surface area contributed by atoms with Crippen molar-refractivity contribution in [2.75, 3.05) is 11.1 Å². The minimum atomic E-state index is 0.426. The normalized spacial score (nSPS) is 10.1. The molecule has 0 spiro atoms. The number of nitrogens with zero attached hydrogens (tertiary/aromatic N) is 3. The molecule has 0 saturated carbocycles. The molecule has 0 aliphatic rings. The Hall–Kier alpha value is -2.11. The van der Waals surface area contributed by atoms with Crippen molar-refractivity contribution in [3.8, 4) is 0 Å². The first kappa shape index (κ1) is 8.49. The van der Waals surface area contributed by atoms with Crippen molar-refractivity contribution in [3.05, 3.63) is 24.0 Å². The predicted molar refractivity (Wildman–Crippen MR) is 53.1 cm³/mol. The van der Waals surface area contributed by atoms with Gasteiger partial charge in [-0.15, -0.1) is 0 Å². The van der Waals surface area contributed by atoms with Crippen LogP contribution < -0.4 is 11.1 Å². The molecular formula is C8H10N6. The highest BCUT2D eigenvalue weighted by Gasteiger charge is 2.00. The third-order valence-electron chi connectivity index (χ3n) is 1.62. The summed E-state index contributed by atoms with van der Waals surface area (Å²) in [5, 5.41) is 9.71. The maximum absolute atomic E-state index is 5.50. The van der Waals surface area contributed by atoms with Gasteiger partial charge in [0.1, 0.15) is 5.82 Å². The molecule has 72 valence electrons. The topological polar surface area (TPSA) is 92.5 Å².